The van der Waals surface area contributed by atoms with E-state index in [2.05, 4.69) is 0 Å². The van der Waals surface area contributed by atoms with Crippen molar-refractivity contribution in [1.82, 2.24) is 9.47 Å². The maximum atomic E-state index is 12.6. The van der Waals surface area contributed by atoms with Crippen LogP contribution >= 0.6 is 34.8 Å². The van der Waals surface area contributed by atoms with Gasteiger partial charge in [-0.25, -0.2) is 0 Å². The summed E-state index contributed by atoms with van der Waals surface area (Å²) in [4.78, 5) is 25.4. The van der Waals surface area contributed by atoms with Crippen molar-refractivity contribution in [3.8, 4) is 0 Å². The SMILES string of the molecule is CC(=O)OC1C2=C[C@@H](OC(=N)C(Cl)(Cl)Cl)CN2C(=O)c2cccn21. The number of fused-ring (bicyclic) bond motifs is 2. The number of carbonyl (C=O) groups excluding carboxylic acids is 2. The Morgan fingerprint density at radius 1 is 1.38 bits per heavy atom. The van der Waals surface area contributed by atoms with E-state index in [1.807, 2.05) is 0 Å². The number of hydrogen-bond acceptors (Lipinski definition) is 5. The zero-order chi connectivity index (χ0) is 17.6. The molecule has 1 aromatic heterocycles. The monoisotopic (exact) mass is 391 g/mol. The fraction of sp³-hybridized carbons (Fsp3) is 0.357. The van der Waals surface area contributed by atoms with Crippen molar-refractivity contribution in [2.75, 3.05) is 6.54 Å². The fourth-order valence-corrected chi connectivity index (χ4v) is 2.79. The minimum atomic E-state index is -1.99. The predicted octanol–water partition coefficient (Wildman–Crippen LogP) is 2.64. The van der Waals surface area contributed by atoms with Crippen molar-refractivity contribution in [2.45, 2.75) is 23.0 Å². The molecule has 2 atom stereocenters. The highest BCUT2D eigenvalue weighted by Crippen LogP contribution is 2.37. The van der Waals surface area contributed by atoms with Gasteiger partial charge in [0.1, 0.15) is 11.8 Å². The molecule has 0 aromatic carbocycles. The van der Waals surface area contributed by atoms with Crippen LogP contribution in [-0.2, 0) is 14.3 Å². The normalized spacial score (nSPS) is 22.6. The van der Waals surface area contributed by atoms with Gasteiger partial charge in [0.25, 0.3) is 9.70 Å². The average molecular weight is 393 g/mol. The third-order valence-electron chi connectivity index (χ3n) is 3.58. The highest BCUT2D eigenvalue weighted by atomic mass is 35.6. The van der Waals surface area contributed by atoms with Gasteiger partial charge in [0.2, 0.25) is 12.1 Å². The van der Waals surface area contributed by atoms with E-state index in [0.29, 0.717) is 11.4 Å². The van der Waals surface area contributed by atoms with Crippen LogP contribution in [0, 0.1) is 5.41 Å². The van der Waals surface area contributed by atoms with Crippen LogP contribution in [-0.4, -0.2) is 43.7 Å². The number of alkyl halides is 3. The number of nitrogens with one attached hydrogen (secondary N) is 1. The third-order valence-corrected chi connectivity index (χ3v) is 4.10. The third kappa shape index (κ3) is 2.99. The van der Waals surface area contributed by atoms with Gasteiger partial charge in [0, 0.05) is 13.1 Å². The van der Waals surface area contributed by atoms with Gasteiger partial charge in [-0.3, -0.25) is 15.0 Å². The Morgan fingerprint density at radius 3 is 2.71 bits per heavy atom. The molecule has 1 amide bonds. The summed E-state index contributed by atoms with van der Waals surface area (Å²) in [6.07, 6.45) is 1.76. The second-order valence-corrected chi connectivity index (χ2v) is 7.53. The first-order valence-corrected chi connectivity index (χ1v) is 8.02. The lowest BCUT2D eigenvalue weighted by molar-refractivity contribution is -0.149. The molecular weight excluding hydrogens is 381 g/mol. The average Bonchev–Trinajstić information content (AvgIpc) is 3.09. The number of amides is 1. The molecule has 1 aromatic rings. The van der Waals surface area contributed by atoms with Crippen LogP contribution in [0.15, 0.2) is 30.1 Å². The van der Waals surface area contributed by atoms with Gasteiger partial charge < -0.3 is 18.9 Å². The number of halogens is 3. The molecule has 0 saturated carbocycles. The van der Waals surface area contributed by atoms with Crippen LogP contribution < -0.4 is 0 Å². The molecule has 10 heteroatoms. The summed E-state index contributed by atoms with van der Waals surface area (Å²) in [6, 6.07) is 3.33. The molecule has 3 rings (SSSR count). The van der Waals surface area contributed by atoms with E-state index in [1.165, 1.54) is 11.8 Å². The predicted molar refractivity (Wildman–Crippen MR) is 87.2 cm³/mol. The van der Waals surface area contributed by atoms with E-state index in [-0.39, 0.29) is 12.5 Å². The number of ether oxygens (including phenoxy) is 2. The van der Waals surface area contributed by atoms with Gasteiger partial charge in [0.05, 0.1) is 12.2 Å². The maximum Gasteiger partial charge on any atom is 0.304 e. The van der Waals surface area contributed by atoms with Crippen molar-refractivity contribution in [3.63, 3.8) is 0 Å². The molecule has 2 aliphatic rings. The Morgan fingerprint density at radius 2 is 2.08 bits per heavy atom. The summed E-state index contributed by atoms with van der Waals surface area (Å²) < 4.78 is 10.2. The van der Waals surface area contributed by atoms with Crippen molar-refractivity contribution in [1.29, 1.82) is 5.41 Å². The summed E-state index contributed by atoms with van der Waals surface area (Å²) in [5, 5.41) is 7.64. The number of hydrogen-bond donors (Lipinski definition) is 1. The highest BCUT2D eigenvalue weighted by molar-refractivity contribution is 6.76. The topological polar surface area (TPSA) is 84.6 Å². The van der Waals surface area contributed by atoms with Crippen molar-refractivity contribution < 1.29 is 19.1 Å². The van der Waals surface area contributed by atoms with E-state index in [0.717, 1.165) is 0 Å². The Bertz CT molecular complexity index is 753. The molecule has 128 valence electrons. The summed E-state index contributed by atoms with van der Waals surface area (Å²) in [5.74, 6) is -1.31. The zero-order valence-corrected chi connectivity index (χ0v) is 14.6. The van der Waals surface area contributed by atoms with Gasteiger partial charge >= 0.3 is 5.97 Å². The maximum absolute atomic E-state index is 12.6. The second kappa shape index (κ2) is 5.98. The van der Waals surface area contributed by atoms with Crippen molar-refractivity contribution >= 4 is 52.6 Å². The van der Waals surface area contributed by atoms with E-state index in [9.17, 15) is 9.59 Å². The number of rotatable bonds is 2. The minimum Gasteiger partial charge on any atom is -0.468 e. The molecular formula is C14H12Cl3N3O4. The van der Waals surface area contributed by atoms with Crippen molar-refractivity contribution in [3.05, 3.63) is 35.8 Å². The largest absolute Gasteiger partial charge is 0.468 e. The van der Waals surface area contributed by atoms with Gasteiger partial charge in [-0.15, -0.1) is 0 Å². The van der Waals surface area contributed by atoms with Crippen LogP contribution in [0.1, 0.15) is 23.6 Å². The number of aromatic nitrogens is 1. The molecule has 1 unspecified atom stereocenters. The van der Waals surface area contributed by atoms with Gasteiger partial charge in [0.15, 0.2) is 0 Å². The van der Waals surface area contributed by atoms with E-state index in [4.69, 9.17) is 49.7 Å². The number of nitrogens with zero attached hydrogens (tertiary/aromatic N) is 2. The van der Waals surface area contributed by atoms with Crippen molar-refractivity contribution in [2.24, 2.45) is 0 Å². The van der Waals surface area contributed by atoms with E-state index >= 15 is 0 Å². The Labute approximate surface area is 152 Å². The summed E-state index contributed by atoms with van der Waals surface area (Å²) in [7, 11) is 0. The smallest absolute Gasteiger partial charge is 0.304 e. The molecule has 0 spiro atoms. The Hall–Kier alpha value is -1.70. The molecule has 1 N–H and O–H groups in total. The zero-order valence-electron chi connectivity index (χ0n) is 12.3. The van der Waals surface area contributed by atoms with Crippen LogP contribution in [0.5, 0.6) is 0 Å². The van der Waals surface area contributed by atoms with Gasteiger partial charge in [-0.2, -0.15) is 0 Å². The molecule has 0 saturated heterocycles. The van der Waals surface area contributed by atoms with Gasteiger partial charge in [-0.05, 0) is 18.2 Å². The Balaban J connectivity index is 1.91. The van der Waals surface area contributed by atoms with Crippen LogP contribution in [0.25, 0.3) is 0 Å². The van der Waals surface area contributed by atoms with Crippen LogP contribution in [0.3, 0.4) is 0 Å². The first-order chi connectivity index (χ1) is 11.2. The lowest BCUT2D eigenvalue weighted by Crippen LogP contribution is -2.41. The lowest BCUT2D eigenvalue weighted by atomic mass is 10.2. The Kier molecular flexibility index (Phi) is 4.27. The minimum absolute atomic E-state index is 0.125. The van der Waals surface area contributed by atoms with Gasteiger partial charge in [-0.1, -0.05) is 34.8 Å². The molecule has 0 fully saturated rings. The summed E-state index contributed by atoms with van der Waals surface area (Å²) in [6.45, 7) is 1.41. The number of esters is 1. The molecule has 0 aliphatic carbocycles. The second-order valence-electron chi connectivity index (χ2n) is 5.25. The first kappa shape index (κ1) is 17.1. The molecule has 2 aliphatic heterocycles. The highest BCUT2D eigenvalue weighted by Gasteiger charge is 2.43. The number of carbonyl (C=O) groups is 2. The van der Waals surface area contributed by atoms with Crippen LogP contribution in [0.4, 0.5) is 0 Å². The molecule has 3 heterocycles. The standard InChI is InChI=1S/C14H12Cl3N3O4/c1-7(21)23-12-10-5-8(24-13(18)14(15,16)17)6-20(10)11(22)9-3-2-4-19(9)12/h2-5,8,12,18H,6H2,1H3/t8-,12?/m1/s1. The van der Waals surface area contributed by atoms with E-state index < -0.39 is 28.0 Å². The first-order valence-electron chi connectivity index (χ1n) is 6.88. The molecule has 7 nitrogen and oxygen atoms in total. The molecule has 0 bridgehead atoms. The quantitative estimate of drug-likeness (QED) is 0.363. The molecule has 24 heavy (non-hydrogen) atoms. The molecule has 0 radical (unpaired) electrons. The van der Waals surface area contributed by atoms with Crippen LogP contribution in [0.2, 0.25) is 0 Å². The summed E-state index contributed by atoms with van der Waals surface area (Å²) in [5.41, 5.74) is 0.830. The summed E-state index contributed by atoms with van der Waals surface area (Å²) >= 11 is 16.8. The van der Waals surface area contributed by atoms with E-state index in [1.54, 1.807) is 29.0 Å². The fourth-order valence-electron chi connectivity index (χ4n) is 2.66. The lowest BCUT2D eigenvalue weighted by Gasteiger charge is -2.33.